The Morgan fingerprint density at radius 2 is 1.36 bits per heavy atom. The average molecular weight is 536 g/mol. The number of allylic oxidation sites excluding steroid dienone is 1. The van der Waals surface area contributed by atoms with Crippen LogP contribution < -0.4 is 4.74 Å². The third kappa shape index (κ3) is 6.69. The minimum atomic E-state index is -4.92. The van der Waals surface area contributed by atoms with Crippen LogP contribution in [0.15, 0.2) is 84.9 Å². The first-order chi connectivity index (χ1) is 16.9. The highest BCUT2D eigenvalue weighted by molar-refractivity contribution is 6.30. The number of rotatable bonds is 10. The molecule has 0 unspecified atom stereocenters. The fraction of sp³-hybridized carbons (Fsp3) is 0.250. The lowest BCUT2D eigenvalue weighted by atomic mass is 9.83. The van der Waals surface area contributed by atoms with E-state index in [2.05, 4.69) is 18.4 Å². The lowest BCUT2D eigenvalue weighted by Gasteiger charge is -2.40. The Kier molecular flexibility index (Phi) is 8.88. The molecular formula is C28H26Cl2F3NO2. The summed E-state index contributed by atoms with van der Waals surface area (Å²) >= 11 is 12.2. The molecule has 0 spiro atoms. The minimum absolute atomic E-state index is 0.179. The Morgan fingerprint density at radius 3 is 1.81 bits per heavy atom. The second-order valence-corrected chi connectivity index (χ2v) is 9.48. The highest BCUT2D eigenvalue weighted by Crippen LogP contribution is 2.36. The van der Waals surface area contributed by atoms with Crippen LogP contribution in [0.2, 0.25) is 10.0 Å². The first-order valence-corrected chi connectivity index (χ1v) is 11.9. The number of ketones is 1. The fourth-order valence-corrected chi connectivity index (χ4v) is 4.16. The van der Waals surface area contributed by atoms with Crippen LogP contribution in [0.1, 0.15) is 23.6 Å². The van der Waals surface area contributed by atoms with E-state index < -0.39 is 23.1 Å². The lowest BCUT2D eigenvalue weighted by molar-refractivity contribution is -0.166. The standard InChI is InChI=1S/C28H26Cl2F3NO2/c1-19(26(35)28(31,32)33)18-20-4-14-25(15-5-20)36-17-16-34(3)27(2,21-6-10-23(29)11-7-21)22-8-12-24(30)13-9-22/h4-15H,1,16-18H2,2-3H3. The number of hydrogen-bond donors (Lipinski definition) is 0. The van der Waals surface area contributed by atoms with Gasteiger partial charge in [0, 0.05) is 28.6 Å². The van der Waals surface area contributed by atoms with Crippen molar-refractivity contribution < 1.29 is 22.7 Å². The summed E-state index contributed by atoms with van der Waals surface area (Å²) < 4.78 is 43.6. The van der Waals surface area contributed by atoms with E-state index in [1.165, 1.54) is 0 Å². The van der Waals surface area contributed by atoms with Gasteiger partial charge in [-0.3, -0.25) is 9.69 Å². The molecule has 0 heterocycles. The predicted octanol–water partition coefficient (Wildman–Crippen LogP) is 7.50. The number of benzene rings is 3. The highest BCUT2D eigenvalue weighted by Gasteiger charge is 2.39. The van der Waals surface area contributed by atoms with Crippen molar-refractivity contribution in [1.29, 1.82) is 0 Å². The number of alkyl halides is 3. The molecule has 3 rings (SSSR count). The first kappa shape index (κ1) is 27.8. The zero-order chi connectivity index (χ0) is 26.5. The maximum atomic E-state index is 12.6. The lowest BCUT2D eigenvalue weighted by Crippen LogP contribution is -2.44. The van der Waals surface area contributed by atoms with Crippen molar-refractivity contribution in [3.8, 4) is 5.75 Å². The molecule has 0 aliphatic rings. The van der Waals surface area contributed by atoms with Gasteiger partial charge in [0.25, 0.3) is 5.78 Å². The smallest absolute Gasteiger partial charge is 0.454 e. The maximum Gasteiger partial charge on any atom is 0.454 e. The monoisotopic (exact) mass is 535 g/mol. The molecule has 3 aromatic carbocycles. The van der Waals surface area contributed by atoms with E-state index >= 15 is 0 Å². The fourth-order valence-electron chi connectivity index (χ4n) is 3.91. The summed E-state index contributed by atoms with van der Waals surface area (Å²) in [5, 5.41) is 1.30. The van der Waals surface area contributed by atoms with E-state index in [0.29, 0.717) is 34.5 Å². The largest absolute Gasteiger partial charge is 0.492 e. The molecule has 0 N–H and O–H groups in total. The summed E-state index contributed by atoms with van der Waals surface area (Å²) in [6.45, 7) is 6.32. The molecule has 3 nitrogen and oxygen atoms in total. The summed E-state index contributed by atoms with van der Waals surface area (Å²) in [6, 6.07) is 22.0. The Labute approximate surface area is 219 Å². The number of carbonyl (C=O) groups excluding carboxylic acids is 1. The van der Waals surface area contributed by atoms with Crippen molar-refractivity contribution >= 4 is 29.0 Å². The zero-order valence-electron chi connectivity index (χ0n) is 19.9. The molecular weight excluding hydrogens is 510 g/mol. The van der Waals surface area contributed by atoms with Crippen molar-refractivity contribution in [2.75, 3.05) is 20.2 Å². The van der Waals surface area contributed by atoms with Gasteiger partial charge in [-0.1, -0.05) is 66.2 Å². The van der Waals surface area contributed by atoms with Crippen LogP contribution >= 0.6 is 23.2 Å². The number of ether oxygens (including phenoxy) is 1. The van der Waals surface area contributed by atoms with E-state index in [0.717, 1.165) is 11.1 Å². The van der Waals surface area contributed by atoms with E-state index in [-0.39, 0.29) is 6.42 Å². The van der Waals surface area contributed by atoms with Crippen LogP contribution in [-0.4, -0.2) is 37.1 Å². The molecule has 0 aliphatic carbocycles. The summed E-state index contributed by atoms with van der Waals surface area (Å²) in [5.41, 5.74) is 1.65. The molecule has 0 saturated heterocycles. The molecule has 0 amide bonds. The molecule has 36 heavy (non-hydrogen) atoms. The van der Waals surface area contributed by atoms with Crippen LogP contribution in [0.4, 0.5) is 13.2 Å². The quantitative estimate of drug-likeness (QED) is 0.252. The van der Waals surface area contributed by atoms with E-state index in [1.807, 2.05) is 55.6 Å². The number of carbonyl (C=O) groups is 1. The van der Waals surface area contributed by atoms with Gasteiger partial charge in [0.2, 0.25) is 0 Å². The highest BCUT2D eigenvalue weighted by atomic mass is 35.5. The van der Waals surface area contributed by atoms with Gasteiger partial charge < -0.3 is 4.74 Å². The topological polar surface area (TPSA) is 29.5 Å². The van der Waals surface area contributed by atoms with Crippen LogP contribution in [0, 0.1) is 0 Å². The normalized spacial score (nSPS) is 12.0. The number of likely N-dealkylation sites (N-methyl/N-ethyl adjacent to an activating group) is 1. The summed E-state index contributed by atoms with van der Waals surface area (Å²) in [7, 11) is 2.00. The van der Waals surface area contributed by atoms with Crippen LogP contribution in [-0.2, 0) is 16.8 Å². The Bertz CT molecular complexity index is 1150. The number of Topliss-reactive ketones (excluding diaryl/α,β-unsaturated/α-hetero) is 1. The van der Waals surface area contributed by atoms with Crippen molar-refractivity contribution in [3.05, 3.63) is 112 Å². The molecule has 3 aromatic rings. The van der Waals surface area contributed by atoms with Gasteiger partial charge in [-0.05, 0) is 67.1 Å². The number of hydrogen-bond acceptors (Lipinski definition) is 3. The summed E-state index contributed by atoms with van der Waals surface area (Å²) in [6.07, 6.45) is -5.10. The number of halogens is 5. The second-order valence-electron chi connectivity index (χ2n) is 8.61. The zero-order valence-corrected chi connectivity index (χ0v) is 21.4. The van der Waals surface area contributed by atoms with Crippen LogP contribution in [0.5, 0.6) is 5.75 Å². The van der Waals surface area contributed by atoms with Gasteiger partial charge in [0.1, 0.15) is 12.4 Å². The minimum Gasteiger partial charge on any atom is -0.492 e. The Balaban J connectivity index is 1.67. The maximum absolute atomic E-state index is 12.6. The number of nitrogens with zero attached hydrogens (tertiary/aromatic N) is 1. The molecule has 0 bridgehead atoms. The summed E-state index contributed by atoms with van der Waals surface area (Å²) in [5.74, 6) is -1.34. The van der Waals surface area contributed by atoms with Crippen molar-refractivity contribution in [2.45, 2.75) is 25.1 Å². The summed E-state index contributed by atoms with van der Waals surface area (Å²) in [4.78, 5) is 13.5. The third-order valence-corrected chi connectivity index (χ3v) is 6.69. The van der Waals surface area contributed by atoms with Gasteiger partial charge in [-0.2, -0.15) is 13.2 Å². The molecule has 0 saturated carbocycles. The average Bonchev–Trinajstić information content (AvgIpc) is 2.84. The van der Waals surface area contributed by atoms with E-state index in [1.54, 1.807) is 24.3 Å². The van der Waals surface area contributed by atoms with Crippen LogP contribution in [0.3, 0.4) is 0 Å². The van der Waals surface area contributed by atoms with Crippen molar-refractivity contribution in [3.63, 3.8) is 0 Å². The molecule has 8 heteroatoms. The van der Waals surface area contributed by atoms with Gasteiger partial charge in [0.05, 0.1) is 5.54 Å². The Morgan fingerprint density at radius 1 is 0.889 bits per heavy atom. The van der Waals surface area contributed by atoms with Gasteiger partial charge in [0.15, 0.2) is 0 Å². The van der Waals surface area contributed by atoms with Gasteiger partial charge in [-0.25, -0.2) is 0 Å². The van der Waals surface area contributed by atoms with Crippen LogP contribution in [0.25, 0.3) is 0 Å². The molecule has 0 aromatic heterocycles. The van der Waals surface area contributed by atoms with E-state index in [4.69, 9.17) is 27.9 Å². The molecule has 0 aliphatic heterocycles. The second kappa shape index (κ2) is 11.5. The predicted molar refractivity (Wildman–Crippen MR) is 138 cm³/mol. The molecule has 0 fully saturated rings. The van der Waals surface area contributed by atoms with Gasteiger partial charge >= 0.3 is 6.18 Å². The SMILES string of the molecule is C=C(Cc1ccc(OCCN(C)C(C)(c2ccc(Cl)cc2)c2ccc(Cl)cc2)cc1)C(=O)C(F)(F)F. The first-order valence-electron chi connectivity index (χ1n) is 11.2. The Hall–Kier alpha value is -2.80. The molecule has 190 valence electrons. The van der Waals surface area contributed by atoms with Gasteiger partial charge in [-0.15, -0.1) is 0 Å². The van der Waals surface area contributed by atoms with E-state index in [9.17, 15) is 18.0 Å². The molecule has 0 radical (unpaired) electrons. The molecule has 0 atom stereocenters. The van der Waals surface area contributed by atoms with Crippen molar-refractivity contribution in [1.82, 2.24) is 4.90 Å². The van der Waals surface area contributed by atoms with Crippen molar-refractivity contribution in [2.24, 2.45) is 0 Å². The third-order valence-electron chi connectivity index (χ3n) is 6.19.